The molecule has 1 aliphatic heterocycles. The fourth-order valence-electron chi connectivity index (χ4n) is 4.79. The monoisotopic (exact) mass is 310 g/mol. The number of rotatable bonds is 1. The highest BCUT2D eigenvalue weighted by Crippen LogP contribution is 2.50. The van der Waals surface area contributed by atoms with E-state index in [4.69, 9.17) is 4.74 Å². The van der Waals surface area contributed by atoms with Gasteiger partial charge in [-0.15, -0.1) is 0 Å². The predicted molar refractivity (Wildman–Crippen MR) is 93.5 cm³/mol. The zero-order valence-corrected chi connectivity index (χ0v) is 14.0. The Bertz CT molecular complexity index is 706. The molecule has 122 valence electrons. The first-order valence-electron chi connectivity index (χ1n) is 9.03. The van der Waals surface area contributed by atoms with E-state index in [1.54, 1.807) is 0 Å². The van der Waals surface area contributed by atoms with Crippen LogP contribution in [-0.4, -0.2) is 11.2 Å². The van der Waals surface area contributed by atoms with E-state index in [-0.39, 0.29) is 6.10 Å². The molecule has 1 saturated heterocycles. The van der Waals surface area contributed by atoms with Crippen LogP contribution in [0.25, 0.3) is 10.8 Å². The number of fused-ring (bicyclic) bond motifs is 2. The molecule has 1 saturated carbocycles. The van der Waals surface area contributed by atoms with Crippen LogP contribution in [0.1, 0.15) is 51.2 Å². The minimum Gasteiger partial charge on any atom is -0.508 e. The summed E-state index contributed by atoms with van der Waals surface area (Å²) in [5, 5.41) is 12.9. The quantitative estimate of drug-likeness (QED) is 0.759. The first-order chi connectivity index (χ1) is 11.2. The van der Waals surface area contributed by atoms with Gasteiger partial charge in [-0.2, -0.15) is 0 Å². The number of benzene rings is 2. The van der Waals surface area contributed by atoms with E-state index in [2.05, 4.69) is 26.0 Å². The smallest absolute Gasteiger partial charge is 0.122 e. The van der Waals surface area contributed by atoms with Crippen LogP contribution in [0.5, 0.6) is 5.75 Å². The van der Waals surface area contributed by atoms with Gasteiger partial charge in [0, 0.05) is 5.56 Å². The van der Waals surface area contributed by atoms with Crippen LogP contribution >= 0.6 is 0 Å². The van der Waals surface area contributed by atoms with Crippen molar-refractivity contribution in [3.8, 4) is 5.75 Å². The average Bonchev–Trinajstić information content (AvgIpc) is 2.58. The van der Waals surface area contributed by atoms with Crippen molar-refractivity contribution in [1.29, 1.82) is 0 Å². The molecule has 0 bridgehead atoms. The Morgan fingerprint density at radius 1 is 0.957 bits per heavy atom. The van der Waals surface area contributed by atoms with E-state index in [0.29, 0.717) is 29.6 Å². The van der Waals surface area contributed by atoms with Crippen LogP contribution in [0.4, 0.5) is 0 Å². The Morgan fingerprint density at radius 2 is 1.74 bits per heavy atom. The summed E-state index contributed by atoms with van der Waals surface area (Å²) in [5.74, 6) is 2.12. The predicted octanol–water partition coefficient (Wildman–Crippen LogP) is 5.45. The zero-order valence-electron chi connectivity index (χ0n) is 14.0. The molecule has 0 aromatic heterocycles. The van der Waals surface area contributed by atoms with Gasteiger partial charge in [0.15, 0.2) is 0 Å². The number of hydrogen-bond acceptors (Lipinski definition) is 2. The summed E-state index contributed by atoms with van der Waals surface area (Å²) in [6.07, 6.45) is 5.44. The third kappa shape index (κ3) is 2.44. The number of hydrogen-bond donors (Lipinski definition) is 1. The van der Waals surface area contributed by atoms with Crippen molar-refractivity contribution >= 4 is 10.8 Å². The molecule has 5 atom stereocenters. The van der Waals surface area contributed by atoms with Gasteiger partial charge in [-0.05, 0) is 47.4 Å². The van der Waals surface area contributed by atoms with Crippen LogP contribution in [0.3, 0.4) is 0 Å². The molecule has 23 heavy (non-hydrogen) atoms. The normalized spacial score (nSPS) is 34.3. The molecular weight excluding hydrogens is 284 g/mol. The molecule has 0 amide bonds. The second-order valence-corrected chi connectivity index (χ2v) is 7.48. The van der Waals surface area contributed by atoms with Crippen LogP contribution in [0.15, 0.2) is 36.4 Å². The van der Waals surface area contributed by atoms with Crippen molar-refractivity contribution in [2.24, 2.45) is 17.8 Å². The molecule has 2 aromatic rings. The Kier molecular flexibility index (Phi) is 3.81. The average molecular weight is 310 g/mol. The Morgan fingerprint density at radius 3 is 2.61 bits per heavy atom. The topological polar surface area (TPSA) is 29.5 Å². The summed E-state index contributed by atoms with van der Waals surface area (Å²) in [6, 6.07) is 12.1. The molecule has 0 radical (unpaired) electrons. The van der Waals surface area contributed by atoms with Gasteiger partial charge in [0.2, 0.25) is 0 Å². The van der Waals surface area contributed by atoms with E-state index in [9.17, 15) is 5.11 Å². The summed E-state index contributed by atoms with van der Waals surface area (Å²) in [6.45, 7) is 4.67. The minimum absolute atomic E-state index is 0.00421. The number of phenolic OH excluding ortho intramolecular Hbond substituents is 1. The van der Waals surface area contributed by atoms with E-state index in [0.717, 1.165) is 10.9 Å². The van der Waals surface area contributed by atoms with Gasteiger partial charge in [0.25, 0.3) is 0 Å². The van der Waals surface area contributed by atoms with Gasteiger partial charge in [-0.25, -0.2) is 0 Å². The van der Waals surface area contributed by atoms with Crippen LogP contribution in [0.2, 0.25) is 0 Å². The molecule has 2 aliphatic rings. The van der Waals surface area contributed by atoms with Crippen molar-refractivity contribution in [3.05, 3.63) is 42.0 Å². The lowest BCUT2D eigenvalue weighted by molar-refractivity contribution is -0.153. The zero-order chi connectivity index (χ0) is 16.0. The van der Waals surface area contributed by atoms with Crippen molar-refractivity contribution < 1.29 is 9.84 Å². The molecule has 2 fully saturated rings. The van der Waals surface area contributed by atoms with Gasteiger partial charge in [0.05, 0.1) is 12.2 Å². The molecule has 2 aromatic carbocycles. The largest absolute Gasteiger partial charge is 0.508 e. The summed E-state index contributed by atoms with van der Waals surface area (Å²) >= 11 is 0. The Balaban J connectivity index is 1.79. The van der Waals surface area contributed by atoms with Gasteiger partial charge in [0.1, 0.15) is 5.75 Å². The van der Waals surface area contributed by atoms with Crippen LogP contribution in [-0.2, 0) is 4.74 Å². The molecule has 2 heteroatoms. The third-order valence-corrected chi connectivity index (χ3v) is 6.29. The summed E-state index contributed by atoms with van der Waals surface area (Å²) < 4.78 is 6.59. The Hall–Kier alpha value is -1.54. The molecule has 1 aliphatic carbocycles. The van der Waals surface area contributed by atoms with E-state index >= 15 is 0 Å². The van der Waals surface area contributed by atoms with Crippen LogP contribution in [0, 0.1) is 17.8 Å². The SMILES string of the molecule is C[C@@H]1[C@H](C)C2CCCCC2O[C@H]1c1c(O)ccc2ccccc12. The lowest BCUT2D eigenvalue weighted by atomic mass is 9.69. The van der Waals surface area contributed by atoms with Crippen LogP contribution < -0.4 is 0 Å². The molecule has 0 spiro atoms. The molecular formula is C21H26O2. The van der Waals surface area contributed by atoms with Gasteiger partial charge in [-0.1, -0.05) is 57.0 Å². The Labute approximate surface area is 138 Å². The molecule has 2 nitrogen and oxygen atoms in total. The van der Waals surface area contributed by atoms with Gasteiger partial charge >= 0.3 is 0 Å². The lowest BCUT2D eigenvalue weighted by Gasteiger charge is -2.47. The van der Waals surface area contributed by atoms with Gasteiger partial charge in [-0.3, -0.25) is 0 Å². The highest BCUT2D eigenvalue weighted by Gasteiger charge is 2.43. The highest BCUT2D eigenvalue weighted by molar-refractivity contribution is 5.88. The number of phenols is 1. The second kappa shape index (κ2) is 5.83. The minimum atomic E-state index is -0.00421. The highest BCUT2D eigenvalue weighted by atomic mass is 16.5. The summed E-state index contributed by atoms with van der Waals surface area (Å²) in [7, 11) is 0. The molecule has 4 rings (SSSR count). The van der Waals surface area contributed by atoms with Crippen molar-refractivity contribution in [1.82, 2.24) is 0 Å². The standard InChI is InChI=1S/C21H26O2/c1-13-14(2)21(23-19-10-6-5-8-16(13)19)20-17-9-4-3-7-15(17)11-12-18(20)22/h3-4,7,9,11-14,16,19,21-22H,5-6,8,10H2,1-2H3/t13-,14+,16?,19?,21+/m0/s1. The number of ether oxygens (including phenoxy) is 1. The lowest BCUT2D eigenvalue weighted by Crippen LogP contribution is -2.43. The fraction of sp³-hybridized carbons (Fsp3) is 0.524. The maximum absolute atomic E-state index is 10.6. The van der Waals surface area contributed by atoms with Gasteiger partial charge < -0.3 is 9.84 Å². The van der Waals surface area contributed by atoms with E-state index in [1.807, 2.05) is 24.3 Å². The molecule has 1 N–H and O–H groups in total. The number of aromatic hydroxyl groups is 1. The van der Waals surface area contributed by atoms with Crippen molar-refractivity contribution in [2.45, 2.75) is 51.7 Å². The van der Waals surface area contributed by atoms with E-state index in [1.165, 1.54) is 31.1 Å². The van der Waals surface area contributed by atoms with Crippen molar-refractivity contribution in [2.75, 3.05) is 0 Å². The molecule has 1 heterocycles. The third-order valence-electron chi connectivity index (χ3n) is 6.29. The second-order valence-electron chi connectivity index (χ2n) is 7.48. The maximum atomic E-state index is 10.6. The summed E-state index contributed by atoms with van der Waals surface area (Å²) in [5.41, 5.74) is 0.992. The van der Waals surface area contributed by atoms with Crippen molar-refractivity contribution in [3.63, 3.8) is 0 Å². The maximum Gasteiger partial charge on any atom is 0.122 e. The first kappa shape index (κ1) is 15.0. The fourth-order valence-corrected chi connectivity index (χ4v) is 4.79. The summed E-state index contributed by atoms with van der Waals surface area (Å²) in [4.78, 5) is 0. The molecule has 2 unspecified atom stereocenters. The van der Waals surface area contributed by atoms with E-state index < -0.39 is 0 Å². The first-order valence-corrected chi connectivity index (χ1v) is 9.03.